The van der Waals surface area contributed by atoms with E-state index in [0.717, 1.165) is 0 Å². The highest BCUT2D eigenvalue weighted by Crippen LogP contribution is 2.28. The molecule has 140 valence electrons. The van der Waals surface area contributed by atoms with E-state index in [9.17, 15) is 9.59 Å². The van der Waals surface area contributed by atoms with Gasteiger partial charge in [0.05, 0.1) is 14.2 Å². The predicted molar refractivity (Wildman–Crippen MR) is 105 cm³/mol. The van der Waals surface area contributed by atoms with Crippen molar-refractivity contribution in [1.29, 1.82) is 0 Å². The minimum Gasteiger partial charge on any atom is -0.493 e. The summed E-state index contributed by atoms with van der Waals surface area (Å²) in [4.78, 5) is 24.9. The lowest BCUT2D eigenvalue weighted by molar-refractivity contribution is -0.117. The number of carbonyl (C=O) groups excluding carboxylic acids is 2. The zero-order valence-corrected chi connectivity index (χ0v) is 15.3. The Morgan fingerprint density at radius 2 is 1.74 bits per heavy atom. The zero-order chi connectivity index (χ0) is 19.6. The molecule has 0 unspecified atom stereocenters. The van der Waals surface area contributed by atoms with E-state index in [-0.39, 0.29) is 18.1 Å². The normalized spacial score (nSPS) is 10.7. The summed E-state index contributed by atoms with van der Waals surface area (Å²) in [6, 6.07) is 13.9. The van der Waals surface area contributed by atoms with Crippen LogP contribution in [0.2, 0.25) is 0 Å². The van der Waals surface area contributed by atoms with Crippen molar-refractivity contribution in [2.24, 2.45) is 0 Å². The molecular weight excluding hydrogens is 344 g/mol. The summed E-state index contributed by atoms with van der Waals surface area (Å²) in [5.74, 6) is 0.289. The van der Waals surface area contributed by atoms with Gasteiger partial charge in [0.15, 0.2) is 11.5 Å². The van der Waals surface area contributed by atoms with Crippen molar-refractivity contribution in [1.82, 2.24) is 10.6 Å². The molecule has 0 saturated carbocycles. The molecule has 27 heavy (non-hydrogen) atoms. The topological polar surface area (TPSA) is 76.7 Å². The molecule has 6 heteroatoms. The first-order chi connectivity index (χ1) is 13.1. The van der Waals surface area contributed by atoms with Gasteiger partial charge in [-0.15, -0.1) is 6.58 Å². The fourth-order valence-electron chi connectivity index (χ4n) is 2.31. The molecule has 0 aromatic heterocycles. The first-order valence-electron chi connectivity index (χ1n) is 8.28. The number of carbonyl (C=O) groups is 2. The summed E-state index contributed by atoms with van der Waals surface area (Å²) >= 11 is 0. The van der Waals surface area contributed by atoms with Crippen molar-refractivity contribution in [3.63, 3.8) is 0 Å². The average Bonchev–Trinajstić information content (AvgIpc) is 2.71. The van der Waals surface area contributed by atoms with E-state index in [0.29, 0.717) is 22.6 Å². The van der Waals surface area contributed by atoms with E-state index in [4.69, 9.17) is 9.47 Å². The van der Waals surface area contributed by atoms with Crippen molar-refractivity contribution in [2.75, 3.05) is 20.8 Å². The molecule has 0 aliphatic rings. The fraction of sp³-hybridized carbons (Fsp3) is 0.143. The molecule has 0 bridgehead atoms. The fourth-order valence-corrected chi connectivity index (χ4v) is 2.31. The van der Waals surface area contributed by atoms with Crippen LogP contribution in [0.5, 0.6) is 11.5 Å². The average molecular weight is 366 g/mol. The van der Waals surface area contributed by atoms with Crippen LogP contribution in [0.3, 0.4) is 0 Å². The Morgan fingerprint density at radius 3 is 2.37 bits per heavy atom. The van der Waals surface area contributed by atoms with Gasteiger partial charge in [0.2, 0.25) is 0 Å². The van der Waals surface area contributed by atoms with Gasteiger partial charge in [0.25, 0.3) is 11.8 Å². The second-order valence-corrected chi connectivity index (χ2v) is 5.49. The van der Waals surface area contributed by atoms with Gasteiger partial charge in [-0.3, -0.25) is 9.59 Å². The van der Waals surface area contributed by atoms with Crippen molar-refractivity contribution >= 4 is 17.9 Å². The summed E-state index contributed by atoms with van der Waals surface area (Å²) < 4.78 is 10.5. The monoisotopic (exact) mass is 366 g/mol. The molecule has 2 aromatic rings. The highest BCUT2D eigenvalue weighted by molar-refractivity contribution is 6.05. The maximum atomic E-state index is 12.5. The smallest absolute Gasteiger partial charge is 0.268 e. The lowest BCUT2D eigenvalue weighted by Crippen LogP contribution is -2.34. The molecule has 0 atom stereocenters. The Balaban J connectivity index is 2.34. The predicted octanol–water partition coefficient (Wildman–Crippen LogP) is 2.78. The number of methoxy groups -OCH3 is 2. The first kappa shape index (κ1) is 19.8. The molecule has 0 heterocycles. The molecule has 0 fully saturated rings. The molecule has 0 radical (unpaired) electrons. The number of amides is 2. The van der Waals surface area contributed by atoms with Crippen LogP contribution in [-0.4, -0.2) is 32.6 Å². The largest absolute Gasteiger partial charge is 0.493 e. The zero-order valence-electron chi connectivity index (χ0n) is 15.3. The maximum absolute atomic E-state index is 12.5. The Bertz CT molecular complexity index is 845. The van der Waals surface area contributed by atoms with Gasteiger partial charge in [-0.05, 0) is 35.9 Å². The molecule has 2 rings (SSSR count). The van der Waals surface area contributed by atoms with Gasteiger partial charge < -0.3 is 20.1 Å². The Labute approximate surface area is 158 Å². The van der Waals surface area contributed by atoms with Crippen molar-refractivity contribution in [3.05, 3.63) is 78.0 Å². The Hall–Kier alpha value is -3.54. The third-order valence-corrected chi connectivity index (χ3v) is 3.65. The third kappa shape index (κ3) is 5.47. The molecule has 0 spiro atoms. The molecule has 2 N–H and O–H groups in total. The van der Waals surface area contributed by atoms with E-state index in [1.165, 1.54) is 7.11 Å². The minimum atomic E-state index is -0.422. The quantitative estimate of drug-likeness (QED) is 0.556. The summed E-state index contributed by atoms with van der Waals surface area (Å²) in [5.41, 5.74) is 1.23. The van der Waals surface area contributed by atoms with E-state index in [1.54, 1.807) is 61.7 Å². The first-order valence-corrected chi connectivity index (χ1v) is 8.28. The van der Waals surface area contributed by atoms with Crippen LogP contribution in [0.4, 0.5) is 0 Å². The number of ether oxygens (including phenoxy) is 2. The van der Waals surface area contributed by atoms with Crippen LogP contribution in [0.15, 0.2) is 66.9 Å². The molecule has 2 amide bonds. The van der Waals surface area contributed by atoms with Crippen LogP contribution in [0.25, 0.3) is 6.08 Å². The van der Waals surface area contributed by atoms with Crippen LogP contribution in [0, 0.1) is 0 Å². The summed E-state index contributed by atoms with van der Waals surface area (Å²) in [6.45, 7) is 3.86. The second kappa shape index (κ2) is 9.82. The molecule has 0 saturated heterocycles. The molecule has 0 aliphatic heterocycles. The lowest BCUT2D eigenvalue weighted by Gasteiger charge is -2.12. The van der Waals surface area contributed by atoms with E-state index in [1.807, 2.05) is 6.07 Å². The van der Waals surface area contributed by atoms with Crippen molar-refractivity contribution in [3.8, 4) is 11.5 Å². The van der Waals surface area contributed by atoms with Gasteiger partial charge in [-0.2, -0.15) is 0 Å². The Morgan fingerprint density at radius 1 is 1.04 bits per heavy atom. The van der Waals surface area contributed by atoms with Crippen LogP contribution >= 0.6 is 0 Å². The van der Waals surface area contributed by atoms with Crippen LogP contribution < -0.4 is 20.1 Å². The highest BCUT2D eigenvalue weighted by Gasteiger charge is 2.14. The van der Waals surface area contributed by atoms with Crippen LogP contribution in [0.1, 0.15) is 15.9 Å². The third-order valence-electron chi connectivity index (χ3n) is 3.65. The van der Waals surface area contributed by atoms with Gasteiger partial charge >= 0.3 is 0 Å². The van der Waals surface area contributed by atoms with E-state index >= 15 is 0 Å². The summed E-state index contributed by atoms with van der Waals surface area (Å²) in [6.07, 6.45) is 3.13. The number of rotatable bonds is 8. The number of hydrogen-bond acceptors (Lipinski definition) is 4. The van der Waals surface area contributed by atoms with Crippen molar-refractivity contribution < 1.29 is 19.1 Å². The lowest BCUT2D eigenvalue weighted by atomic mass is 10.1. The Kier molecular flexibility index (Phi) is 7.19. The van der Waals surface area contributed by atoms with Gasteiger partial charge in [0.1, 0.15) is 5.70 Å². The minimum absolute atomic E-state index is 0.109. The molecule has 6 nitrogen and oxygen atoms in total. The summed E-state index contributed by atoms with van der Waals surface area (Å²) in [5, 5.41) is 5.33. The standard InChI is InChI=1S/C21H22N2O4/c1-4-12-22-21(25)17(23-20(24)16-8-6-5-7-9-16)13-15-10-11-18(26-2)19(14-15)27-3/h4-11,13-14H,1,12H2,2-3H3,(H,22,25)(H,23,24)/b17-13-. The maximum Gasteiger partial charge on any atom is 0.268 e. The van der Waals surface area contributed by atoms with Crippen molar-refractivity contribution in [2.45, 2.75) is 0 Å². The summed E-state index contributed by atoms with van der Waals surface area (Å²) in [7, 11) is 3.07. The number of benzene rings is 2. The van der Waals surface area contributed by atoms with E-state index < -0.39 is 5.91 Å². The van der Waals surface area contributed by atoms with Crippen LogP contribution in [-0.2, 0) is 4.79 Å². The highest BCUT2D eigenvalue weighted by atomic mass is 16.5. The number of hydrogen-bond donors (Lipinski definition) is 2. The molecule has 2 aromatic carbocycles. The van der Waals surface area contributed by atoms with Gasteiger partial charge in [-0.25, -0.2) is 0 Å². The van der Waals surface area contributed by atoms with Gasteiger partial charge in [0, 0.05) is 12.1 Å². The van der Waals surface area contributed by atoms with Gasteiger partial charge in [-0.1, -0.05) is 30.3 Å². The molecular formula is C21H22N2O4. The number of nitrogens with one attached hydrogen (secondary N) is 2. The molecule has 0 aliphatic carbocycles. The second-order valence-electron chi connectivity index (χ2n) is 5.49. The SMILES string of the molecule is C=CCNC(=O)/C(=C/c1ccc(OC)c(OC)c1)NC(=O)c1ccccc1. The van der Waals surface area contributed by atoms with E-state index in [2.05, 4.69) is 17.2 Å².